The van der Waals surface area contributed by atoms with Gasteiger partial charge in [0.05, 0.1) is 4.92 Å². The molecule has 0 saturated carbocycles. The van der Waals surface area contributed by atoms with Crippen LogP contribution in [-0.4, -0.2) is 9.91 Å². The fourth-order valence-corrected chi connectivity index (χ4v) is 1.62. The molecule has 0 atom stereocenters. The minimum absolute atomic E-state index is 0.132. The number of nitrogens with one attached hydrogen (secondary N) is 1. The maximum absolute atomic E-state index is 13.0. The molecule has 1 aromatic heterocycles. The van der Waals surface area contributed by atoms with Crippen molar-refractivity contribution >= 4 is 11.5 Å². The maximum Gasteiger partial charge on any atom is 0.305 e. The second-order valence-corrected chi connectivity index (χ2v) is 4.04. The number of hydrogen-bond acceptors (Lipinski definition) is 5. The summed E-state index contributed by atoms with van der Waals surface area (Å²) in [7, 11) is 0. The van der Waals surface area contributed by atoms with Gasteiger partial charge in [-0.25, -0.2) is 13.8 Å². The molecule has 1 aromatic carbocycles. The lowest BCUT2D eigenvalue weighted by atomic mass is 10.2. The third-order valence-corrected chi connectivity index (χ3v) is 2.63. The Morgan fingerprint density at radius 3 is 2.67 bits per heavy atom. The zero-order chi connectivity index (χ0) is 15.4. The Hall–Kier alpha value is -3.08. The van der Waals surface area contributed by atoms with E-state index in [1.165, 1.54) is 12.1 Å². The number of nitriles is 1. The molecule has 0 spiro atoms. The number of aromatic nitrogens is 1. The summed E-state index contributed by atoms with van der Waals surface area (Å²) < 4.78 is 25.8. The minimum atomic E-state index is -0.969. The predicted molar refractivity (Wildman–Crippen MR) is 69.3 cm³/mol. The van der Waals surface area contributed by atoms with Gasteiger partial charge in [-0.3, -0.25) is 10.1 Å². The highest BCUT2D eigenvalue weighted by Crippen LogP contribution is 2.18. The Kier molecular flexibility index (Phi) is 4.04. The first kappa shape index (κ1) is 14.3. The number of pyridine rings is 1. The fraction of sp³-hybridized carbons (Fsp3) is 0.0769. The molecule has 0 amide bonds. The van der Waals surface area contributed by atoms with E-state index in [9.17, 15) is 18.9 Å². The topological polar surface area (TPSA) is 91.8 Å². The molecule has 8 heteroatoms. The van der Waals surface area contributed by atoms with Crippen molar-refractivity contribution in [3.8, 4) is 6.07 Å². The van der Waals surface area contributed by atoms with E-state index in [-0.39, 0.29) is 18.1 Å². The quantitative estimate of drug-likeness (QED) is 0.690. The molecule has 6 nitrogen and oxygen atoms in total. The SMILES string of the molecule is N#Cc1nc(NCc2ccc(F)c(F)c2)ccc1[N+](=O)[O-]. The maximum atomic E-state index is 13.0. The Morgan fingerprint density at radius 2 is 2.05 bits per heavy atom. The molecule has 0 saturated heterocycles. The van der Waals surface area contributed by atoms with Gasteiger partial charge < -0.3 is 5.32 Å². The van der Waals surface area contributed by atoms with Crippen LogP contribution in [-0.2, 0) is 6.54 Å². The summed E-state index contributed by atoms with van der Waals surface area (Å²) in [5, 5.41) is 22.2. The van der Waals surface area contributed by atoms with Crippen LogP contribution in [0.25, 0.3) is 0 Å². The van der Waals surface area contributed by atoms with Crippen LogP contribution >= 0.6 is 0 Å². The molecule has 0 aliphatic carbocycles. The molecular formula is C13H8F2N4O2. The molecule has 2 rings (SSSR count). The average molecular weight is 290 g/mol. The normalized spacial score (nSPS) is 9.95. The summed E-state index contributed by atoms with van der Waals surface area (Å²) in [5.74, 6) is -1.69. The van der Waals surface area contributed by atoms with Gasteiger partial charge in [-0.05, 0) is 23.8 Å². The number of nitrogens with zero attached hydrogens (tertiary/aromatic N) is 3. The van der Waals surface area contributed by atoms with Crippen molar-refractivity contribution < 1.29 is 13.7 Å². The summed E-state index contributed by atoms with van der Waals surface area (Å²) in [4.78, 5) is 13.7. The summed E-state index contributed by atoms with van der Waals surface area (Å²) in [6, 6.07) is 7.53. The Bertz CT molecular complexity index is 743. The second kappa shape index (κ2) is 5.92. The average Bonchev–Trinajstić information content (AvgIpc) is 2.48. The van der Waals surface area contributed by atoms with Gasteiger partial charge >= 0.3 is 5.69 Å². The summed E-state index contributed by atoms with van der Waals surface area (Å²) in [6.07, 6.45) is 0. The summed E-state index contributed by atoms with van der Waals surface area (Å²) in [6.45, 7) is 0.132. The molecule has 1 heterocycles. The van der Waals surface area contributed by atoms with E-state index in [1.807, 2.05) is 0 Å². The predicted octanol–water partition coefficient (Wildman–Crippen LogP) is 2.75. The molecule has 0 radical (unpaired) electrons. The second-order valence-electron chi connectivity index (χ2n) is 4.04. The third kappa shape index (κ3) is 3.27. The number of nitro groups is 1. The lowest BCUT2D eigenvalue weighted by Crippen LogP contribution is -2.04. The Labute approximate surface area is 117 Å². The van der Waals surface area contributed by atoms with Gasteiger partial charge in [0.1, 0.15) is 11.9 Å². The standard InChI is InChI=1S/C13H8F2N4O2/c14-9-2-1-8(5-10(9)15)7-17-13-4-3-12(19(20)21)11(6-16)18-13/h1-5H,7H2,(H,17,18). The smallest absolute Gasteiger partial charge is 0.305 e. The molecule has 0 aliphatic heterocycles. The Morgan fingerprint density at radius 1 is 1.29 bits per heavy atom. The van der Waals surface area contributed by atoms with Gasteiger partial charge in [0.15, 0.2) is 11.6 Å². The van der Waals surface area contributed by atoms with Crippen LogP contribution in [0, 0.1) is 33.1 Å². The minimum Gasteiger partial charge on any atom is -0.366 e. The van der Waals surface area contributed by atoms with Gasteiger partial charge in [0, 0.05) is 12.6 Å². The van der Waals surface area contributed by atoms with E-state index in [2.05, 4.69) is 10.3 Å². The van der Waals surface area contributed by atoms with Gasteiger partial charge in [-0.1, -0.05) is 6.07 Å². The molecule has 2 aromatic rings. The number of halogens is 2. The van der Waals surface area contributed by atoms with Crippen LogP contribution in [0.4, 0.5) is 20.3 Å². The van der Waals surface area contributed by atoms with Crippen LogP contribution in [0.5, 0.6) is 0 Å². The lowest BCUT2D eigenvalue weighted by molar-refractivity contribution is -0.385. The van der Waals surface area contributed by atoms with Gasteiger partial charge in [0.25, 0.3) is 0 Å². The highest BCUT2D eigenvalue weighted by atomic mass is 19.2. The zero-order valence-corrected chi connectivity index (χ0v) is 10.5. The zero-order valence-electron chi connectivity index (χ0n) is 10.5. The van der Waals surface area contributed by atoms with E-state index in [1.54, 1.807) is 6.07 Å². The van der Waals surface area contributed by atoms with E-state index in [4.69, 9.17) is 5.26 Å². The van der Waals surface area contributed by atoms with Crippen LogP contribution in [0.1, 0.15) is 11.3 Å². The van der Waals surface area contributed by atoms with Gasteiger partial charge in [-0.15, -0.1) is 0 Å². The summed E-state index contributed by atoms with van der Waals surface area (Å²) >= 11 is 0. The molecule has 0 fully saturated rings. The summed E-state index contributed by atoms with van der Waals surface area (Å²) in [5.41, 5.74) is -0.251. The van der Waals surface area contributed by atoms with Crippen molar-refractivity contribution in [3.05, 3.63) is 63.3 Å². The molecule has 1 N–H and O–H groups in total. The van der Waals surface area contributed by atoms with Gasteiger partial charge in [0.2, 0.25) is 5.69 Å². The number of benzene rings is 1. The number of anilines is 1. The van der Waals surface area contributed by atoms with E-state index in [0.29, 0.717) is 5.56 Å². The molecule has 106 valence electrons. The molecule has 0 unspecified atom stereocenters. The highest BCUT2D eigenvalue weighted by molar-refractivity contribution is 5.50. The van der Waals surface area contributed by atoms with E-state index >= 15 is 0 Å². The number of hydrogen-bond donors (Lipinski definition) is 1. The first-order valence-electron chi connectivity index (χ1n) is 5.74. The third-order valence-electron chi connectivity index (χ3n) is 2.63. The fourth-order valence-electron chi connectivity index (χ4n) is 1.62. The first-order valence-corrected chi connectivity index (χ1v) is 5.74. The first-order chi connectivity index (χ1) is 10.0. The van der Waals surface area contributed by atoms with Crippen LogP contribution in [0.15, 0.2) is 30.3 Å². The Balaban J connectivity index is 2.15. The highest BCUT2D eigenvalue weighted by Gasteiger charge is 2.15. The molecule has 21 heavy (non-hydrogen) atoms. The van der Waals surface area contributed by atoms with Gasteiger partial charge in [-0.2, -0.15) is 5.26 Å². The van der Waals surface area contributed by atoms with Crippen molar-refractivity contribution in [1.82, 2.24) is 4.98 Å². The largest absolute Gasteiger partial charge is 0.366 e. The molecule has 0 bridgehead atoms. The van der Waals surface area contributed by atoms with Crippen molar-refractivity contribution in [2.45, 2.75) is 6.54 Å². The van der Waals surface area contributed by atoms with Crippen molar-refractivity contribution in [2.24, 2.45) is 0 Å². The van der Waals surface area contributed by atoms with Crippen molar-refractivity contribution in [1.29, 1.82) is 5.26 Å². The molecular weight excluding hydrogens is 282 g/mol. The van der Waals surface area contributed by atoms with Crippen molar-refractivity contribution in [2.75, 3.05) is 5.32 Å². The van der Waals surface area contributed by atoms with E-state index < -0.39 is 22.2 Å². The monoisotopic (exact) mass is 290 g/mol. The van der Waals surface area contributed by atoms with E-state index in [0.717, 1.165) is 18.2 Å². The van der Waals surface area contributed by atoms with Crippen molar-refractivity contribution in [3.63, 3.8) is 0 Å². The number of rotatable bonds is 4. The van der Waals surface area contributed by atoms with Crippen LogP contribution in [0.3, 0.4) is 0 Å². The van der Waals surface area contributed by atoms with Crippen LogP contribution in [0.2, 0.25) is 0 Å². The molecule has 0 aliphatic rings. The lowest BCUT2D eigenvalue weighted by Gasteiger charge is -2.06. The van der Waals surface area contributed by atoms with Crippen LogP contribution < -0.4 is 5.32 Å².